The minimum atomic E-state index is 0.336. The molecule has 0 heterocycles. The molecular formula is C16H25NO2. The Morgan fingerprint density at radius 2 is 1.84 bits per heavy atom. The van der Waals surface area contributed by atoms with Crippen molar-refractivity contribution in [2.45, 2.75) is 31.6 Å². The molecule has 0 amide bonds. The third-order valence-electron chi connectivity index (χ3n) is 4.52. The first-order valence-electron chi connectivity index (χ1n) is 7.23. The van der Waals surface area contributed by atoms with E-state index in [4.69, 9.17) is 10.5 Å². The van der Waals surface area contributed by atoms with Gasteiger partial charge in [0.05, 0.1) is 7.11 Å². The number of ether oxygens (including phenoxy) is 1. The topological polar surface area (TPSA) is 55.5 Å². The van der Waals surface area contributed by atoms with Crippen LogP contribution in [0.4, 0.5) is 0 Å². The third kappa shape index (κ3) is 3.48. The summed E-state index contributed by atoms with van der Waals surface area (Å²) in [7, 11) is 1.69. The summed E-state index contributed by atoms with van der Waals surface area (Å²) in [5.41, 5.74) is 7.31. The molecule has 1 atom stereocenters. The monoisotopic (exact) mass is 263 g/mol. The van der Waals surface area contributed by atoms with Crippen LogP contribution in [0.3, 0.4) is 0 Å². The van der Waals surface area contributed by atoms with Gasteiger partial charge in [-0.25, -0.2) is 0 Å². The maximum atomic E-state index is 9.21. The highest BCUT2D eigenvalue weighted by molar-refractivity contribution is 5.30. The number of methoxy groups -OCH3 is 1. The number of aliphatic hydroxyl groups excluding tert-OH is 1. The van der Waals surface area contributed by atoms with Crippen LogP contribution in [-0.4, -0.2) is 25.4 Å². The first-order valence-corrected chi connectivity index (χ1v) is 7.23. The van der Waals surface area contributed by atoms with Crippen molar-refractivity contribution < 1.29 is 9.84 Å². The van der Waals surface area contributed by atoms with Crippen molar-refractivity contribution in [3.63, 3.8) is 0 Å². The summed E-state index contributed by atoms with van der Waals surface area (Å²) in [4.78, 5) is 0. The van der Waals surface area contributed by atoms with Gasteiger partial charge in [-0.15, -0.1) is 0 Å². The number of benzene rings is 1. The lowest BCUT2D eigenvalue weighted by Gasteiger charge is -2.33. The molecule has 106 valence electrons. The first-order chi connectivity index (χ1) is 9.28. The molecule has 0 radical (unpaired) electrons. The second-order valence-corrected chi connectivity index (χ2v) is 5.58. The minimum absolute atomic E-state index is 0.336. The molecule has 0 spiro atoms. The van der Waals surface area contributed by atoms with E-state index in [1.54, 1.807) is 7.11 Å². The van der Waals surface area contributed by atoms with E-state index in [2.05, 4.69) is 12.1 Å². The van der Waals surface area contributed by atoms with Crippen molar-refractivity contribution in [2.24, 2.45) is 17.6 Å². The van der Waals surface area contributed by atoms with E-state index in [1.807, 2.05) is 12.1 Å². The summed E-state index contributed by atoms with van der Waals surface area (Å²) in [5.74, 6) is 2.49. The largest absolute Gasteiger partial charge is 0.497 e. The molecule has 0 bridgehead atoms. The Balaban J connectivity index is 2.03. The lowest BCUT2D eigenvalue weighted by molar-refractivity contribution is 0.158. The molecule has 2 rings (SSSR count). The Bertz CT molecular complexity index is 369. The van der Waals surface area contributed by atoms with Crippen molar-refractivity contribution in [3.05, 3.63) is 29.8 Å². The van der Waals surface area contributed by atoms with Gasteiger partial charge in [-0.3, -0.25) is 0 Å². The molecule has 1 unspecified atom stereocenters. The van der Waals surface area contributed by atoms with E-state index in [0.29, 0.717) is 30.9 Å². The van der Waals surface area contributed by atoms with E-state index in [9.17, 15) is 5.11 Å². The molecule has 3 nitrogen and oxygen atoms in total. The highest BCUT2D eigenvalue weighted by Crippen LogP contribution is 2.37. The fourth-order valence-corrected chi connectivity index (χ4v) is 3.22. The fourth-order valence-electron chi connectivity index (χ4n) is 3.22. The zero-order valence-corrected chi connectivity index (χ0v) is 11.7. The van der Waals surface area contributed by atoms with Gasteiger partial charge in [0.15, 0.2) is 0 Å². The number of hydrogen-bond donors (Lipinski definition) is 2. The molecule has 1 aromatic carbocycles. The maximum Gasteiger partial charge on any atom is 0.118 e. The SMILES string of the molecule is COc1ccc(C(CN)C2CCC(CO)CC2)cc1. The highest BCUT2D eigenvalue weighted by atomic mass is 16.5. The number of hydrogen-bond acceptors (Lipinski definition) is 3. The van der Waals surface area contributed by atoms with Gasteiger partial charge in [0, 0.05) is 6.61 Å². The maximum absolute atomic E-state index is 9.21. The molecule has 0 saturated heterocycles. The summed E-state index contributed by atoms with van der Waals surface area (Å²) >= 11 is 0. The van der Waals surface area contributed by atoms with E-state index in [0.717, 1.165) is 18.6 Å². The molecule has 0 aliphatic heterocycles. The molecule has 3 N–H and O–H groups in total. The van der Waals surface area contributed by atoms with Gasteiger partial charge >= 0.3 is 0 Å². The first kappa shape index (κ1) is 14.4. The van der Waals surface area contributed by atoms with E-state index >= 15 is 0 Å². The van der Waals surface area contributed by atoms with Gasteiger partial charge in [-0.05, 0) is 67.7 Å². The zero-order valence-electron chi connectivity index (χ0n) is 11.7. The summed E-state index contributed by atoms with van der Waals surface area (Å²) in [6.07, 6.45) is 4.62. The van der Waals surface area contributed by atoms with Crippen molar-refractivity contribution in [3.8, 4) is 5.75 Å². The summed E-state index contributed by atoms with van der Waals surface area (Å²) in [6.45, 7) is 1.03. The molecule has 1 aliphatic carbocycles. The average molecular weight is 263 g/mol. The number of aliphatic hydroxyl groups is 1. The van der Waals surface area contributed by atoms with Crippen molar-refractivity contribution in [1.82, 2.24) is 0 Å². The summed E-state index contributed by atoms with van der Waals surface area (Å²) < 4.78 is 5.20. The molecule has 19 heavy (non-hydrogen) atoms. The van der Waals surface area contributed by atoms with Crippen molar-refractivity contribution in [2.75, 3.05) is 20.3 Å². The van der Waals surface area contributed by atoms with Crippen molar-refractivity contribution >= 4 is 0 Å². The van der Waals surface area contributed by atoms with Gasteiger partial charge in [-0.1, -0.05) is 12.1 Å². The zero-order chi connectivity index (χ0) is 13.7. The van der Waals surface area contributed by atoms with Gasteiger partial charge in [0.25, 0.3) is 0 Å². The molecule has 0 aromatic heterocycles. The van der Waals surface area contributed by atoms with E-state index in [1.165, 1.54) is 18.4 Å². The van der Waals surface area contributed by atoms with Crippen LogP contribution in [0.1, 0.15) is 37.2 Å². The molecule has 1 aliphatic rings. The van der Waals surface area contributed by atoms with Crippen LogP contribution in [0, 0.1) is 11.8 Å². The average Bonchev–Trinajstić information content (AvgIpc) is 2.49. The second kappa shape index (κ2) is 6.92. The van der Waals surface area contributed by atoms with Crippen LogP contribution in [0.5, 0.6) is 5.75 Å². The van der Waals surface area contributed by atoms with Crippen molar-refractivity contribution in [1.29, 1.82) is 0 Å². The summed E-state index contributed by atoms with van der Waals surface area (Å²) in [6, 6.07) is 8.29. The smallest absolute Gasteiger partial charge is 0.118 e. The summed E-state index contributed by atoms with van der Waals surface area (Å²) in [5, 5.41) is 9.21. The molecule has 3 heteroatoms. The second-order valence-electron chi connectivity index (χ2n) is 5.58. The van der Waals surface area contributed by atoms with Crippen LogP contribution in [0.2, 0.25) is 0 Å². The van der Waals surface area contributed by atoms with Crippen LogP contribution in [-0.2, 0) is 0 Å². The Labute approximate surface area is 115 Å². The van der Waals surface area contributed by atoms with Gasteiger partial charge < -0.3 is 15.6 Å². The Morgan fingerprint density at radius 1 is 1.21 bits per heavy atom. The molecule has 1 aromatic rings. The van der Waals surface area contributed by atoms with Crippen LogP contribution in [0.15, 0.2) is 24.3 Å². The lowest BCUT2D eigenvalue weighted by atomic mass is 9.74. The standard InChI is InChI=1S/C16H25NO2/c1-19-15-8-6-14(7-9-15)16(10-17)13-4-2-12(11-18)3-5-13/h6-9,12-13,16,18H,2-5,10-11,17H2,1H3. The highest BCUT2D eigenvalue weighted by Gasteiger charge is 2.27. The fraction of sp³-hybridized carbons (Fsp3) is 0.625. The molecule has 1 fully saturated rings. The number of nitrogens with two attached hydrogens (primary N) is 1. The van der Waals surface area contributed by atoms with Crippen LogP contribution >= 0.6 is 0 Å². The van der Waals surface area contributed by atoms with E-state index in [-0.39, 0.29) is 0 Å². The van der Waals surface area contributed by atoms with Gasteiger partial charge in [-0.2, -0.15) is 0 Å². The normalized spacial score (nSPS) is 25.0. The van der Waals surface area contributed by atoms with Gasteiger partial charge in [0.2, 0.25) is 0 Å². The van der Waals surface area contributed by atoms with Crippen LogP contribution < -0.4 is 10.5 Å². The Kier molecular flexibility index (Phi) is 5.23. The lowest BCUT2D eigenvalue weighted by Crippen LogP contribution is -2.26. The minimum Gasteiger partial charge on any atom is -0.497 e. The Morgan fingerprint density at radius 3 is 2.32 bits per heavy atom. The van der Waals surface area contributed by atoms with Crippen LogP contribution in [0.25, 0.3) is 0 Å². The molecular weight excluding hydrogens is 238 g/mol. The predicted octanol–water partition coefficient (Wildman–Crippen LogP) is 2.54. The third-order valence-corrected chi connectivity index (χ3v) is 4.52. The Hall–Kier alpha value is -1.06. The van der Waals surface area contributed by atoms with Gasteiger partial charge in [0.1, 0.15) is 5.75 Å². The number of rotatable bonds is 5. The van der Waals surface area contributed by atoms with E-state index < -0.39 is 0 Å². The quantitative estimate of drug-likeness (QED) is 0.858. The molecule has 1 saturated carbocycles. The predicted molar refractivity (Wildman–Crippen MR) is 77.3 cm³/mol.